The molecule has 1 atom stereocenters. The Morgan fingerprint density at radius 3 is 2.59 bits per heavy atom. The highest BCUT2D eigenvalue weighted by Gasteiger charge is 2.47. The maximum Gasteiger partial charge on any atom is 0.325 e. The number of rotatable bonds is 8. The molecule has 2 aromatic carbocycles. The third-order valence-electron chi connectivity index (χ3n) is 5.90. The van der Waals surface area contributed by atoms with Gasteiger partial charge in [0, 0.05) is 22.4 Å². The van der Waals surface area contributed by atoms with Gasteiger partial charge in [-0.25, -0.2) is 4.90 Å². The van der Waals surface area contributed by atoms with Gasteiger partial charge in [-0.2, -0.15) is 0 Å². The van der Waals surface area contributed by atoms with E-state index in [0.717, 1.165) is 0 Å². The van der Waals surface area contributed by atoms with Crippen LogP contribution in [0.25, 0.3) is 11.3 Å². The van der Waals surface area contributed by atoms with Crippen molar-refractivity contribution in [3.8, 4) is 22.8 Å². The Morgan fingerprint density at radius 2 is 1.92 bits per heavy atom. The summed E-state index contributed by atoms with van der Waals surface area (Å²) < 4.78 is 13.6. The van der Waals surface area contributed by atoms with Gasteiger partial charge < -0.3 is 9.47 Å². The number of aromatic amines is 1. The zero-order chi connectivity index (χ0) is 26.7. The molecule has 0 unspecified atom stereocenters. The fourth-order valence-electron chi connectivity index (χ4n) is 4.36. The molecule has 37 heavy (non-hydrogen) atoms. The first-order chi connectivity index (χ1) is 17.8. The van der Waals surface area contributed by atoms with Crippen LogP contribution in [-0.2, 0) is 9.59 Å². The van der Waals surface area contributed by atoms with Crippen LogP contribution in [0.15, 0.2) is 50.8 Å². The van der Waals surface area contributed by atoms with E-state index in [1.807, 2.05) is 26.0 Å². The van der Waals surface area contributed by atoms with Crippen LogP contribution in [0.4, 0.5) is 5.69 Å². The molecule has 0 saturated carbocycles. The van der Waals surface area contributed by atoms with E-state index in [2.05, 4.69) is 20.9 Å². The van der Waals surface area contributed by atoms with Gasteiger partial charge >= 0.3 is 17.2 Å². The molecule has 0 bridgehead atoms. The molecular formula is C26H28BrN4O5S+. The second kappa shape index (κ2) is 11.5. The predicted molar refractivity (Wildman–Crippen MR) is 144 cm³/mol. The van der Waals surface area contributed by atoms with Gasteiger partial charge in [-0.1, -0.05) is 53.7 Å². The van der Waals surface area contributed by atoms with E-state index >= 15 is 0 Å². The number of hydrogen-bond acceptors (Lipinski definition) is 7. The second-order valence-electron chi connectivity index (χ2n) is 8.41. The summed E-state index contributed by atoms with van der Waals surface area (Å²) in [6, 6.07) is 10.7. The van der Waals surface area contributed by atoms with Crippen LogP contribution >= 0.6 is 27.7 Å². The van der Waals surface area contributed by atoms with E-state index in [0.29, 0.717) is 50.7 Å². The largest absolute Gasteiger partial charge is 0.493 e. The summed E-state index contributed by atoms with van der Waals surface area (Å²) in [4.78, 5) is 44.2. The van der Waals surface area contributed by atoms with Crippen molar-refractivity contribution in [2.75, 3.05) is 18.3 Å². The molecule has 1 aliphatic rings. The van der Waals surface area contributed by atoms with Gasteiger partial charge in [0.1, 0.15) is 0 Å². The van der Waals surface area contributed by atoms with Crippen LogP contribution in [0.1, 0.15) is 51.3 Å². The number of carbonyl (C=O) groups excluding carboxylic acids is 2. The molecule has 0 aliphatic carbocycles. The molecule has 4 rings (SSSR count). The summed E-state index contributed by atoms with van der Waals surface area (Å²) in [7, 11) is 1.48. The molecule has 1 aromatic heterocycles. The summed E-state index contributed by atoms with van der Waals surface area (Å²) in [5, 5.41) is 5.10. The molecule has 0 fully saturated rings. The highest BCUT2D eigenvalue weighted by molar-refractivity contribution is 9.10. The molecule has 11 heteroatoms. The Kier molecular flexibility index (Phi) is 8.33. The van der Waals surface area contributed by atoms with E-state index in [1.165, 1.54) is 18.9 Å². The lowest BCUT2D eigenvalue weighted by molar-refractivity contribution is -0.763. The number of fused-ring (bicyclic) bond motifs is 3. The molecule has 9 nitrogen and oxygen atoms in total. The van der Waals surface area contributed by atoms with Crippen molar-refractivity contribution >= 4 is 45.3 Å². The first-order valence-corrected chi connectivity index (χ1v) is 14.0. The Labute approximate surface area is 227 Å². The predicted octanol–water partition coefficient (Wildman–Crippen LogP) is 4.62. The number of esters is 1. The van der Waals surface area contributed by atoms with Crippen LogP contribution in [0, 0.1) is 0 Å². The summed E-state index contributed by atoms with van der Waals surface area (Å²) in [5.74, 6) is -0.0988. The van der Waals surface area contributed by atoms with Gasteiger partial charge in [0.15, 0.2) is 11.5 Å². The lowest BCUT2D eigenvalue weighted by atomic mass is 10.00. The average molecular weight is 589 g/mol. The van der Waals surface area contributed by atoms with Crippen LogP contribution in [0.5, 0.6) is 11.5 Å². The Bertz CT molecular complexity index is 1410. The number of thioether (sulfide) groups is 1. The van der Waals surface area contributed by atoms with Gasteiger partial charge in [-0.3, -0.25) is 19.4 Å². The summed E-state index contributed by atoms with van der Waals surface area (Å²) in [5.41, 5.74) is 1.55. The number of anilines is 1. The number of amides is 1. The van der Waals surface area contributed by atoms with E-state index < -0.39 is 12.1 Å². The molecule has 1 N–H and O–H groups in total. The highest BCUT2D eigenvalue weighted by atomic mass is 79.9. The third-order valence-corrected chi connectivity index (χ3v) is 6.93. The SMILES string of the molecule is CCCC(=O)Oc1c(OC)cc(Br)cc1[C@H]1N(C(=O)CCC)c2ccccc2-c2c(=O)[nH]c(SC)n[n+]21. The van der Waals surface area contributed by atoms with Crippen LogP contribution < -0.4 is 24.6 Å². The fraction of sp³-hybridized carbons (Fsp3) is 0.346. The van der Waals surface area contributed by atoms with Crippen molar-refractivity contribution in [3.63, 3.8) is 0 Å². The van der Waals surface area contributed by atoms with Gasteiger partial charge in [0.2, 0.25) is 11.1 Å². The monoisotopic (exact) mass is 587 g/mol. The number of carbonyl (C=O) groups is 2. The molecule has 194 valence electrons. The molecule has 3 aromatic rings. The summed E-state index contributed by atoms with van der Waals surface area (Å²) >= 11 is 4.80. The Balaban J connectivity index is 2.10. The molecular weight excluding hydrogens is 560 g/mol. The van der Waals surface area contributed by atoms with Crippen molar-refractivity contribution in [1.82, 2.24) is 10.1 Å². The van der Waals surface area contributed by atoms with Gasteiger partial charge in [-0.15, -0.1) is 0 Å². The molecule has 2 heterocycles. The molecule has 1 aliphatic heterocycles. The third kappa shape index (κ3) is 5.15. The molecule has 0 spiro atoms. The normalized spacial score (nSPS) is 14.1. The van der Waals surface area contributed by atoms with Crippen molar-refractivity contribution in [1.29, 1.82) is 0 Å². The zero-order valence-corrected chi connectivity index (χ0v) is 23.4. The topological polar surface area (TPSA) is 105 Å². The first-order valence-electron chi connectivity index (χ1n) is 11.9. The van der Waals surface area contributed by atoms with Crippen molar-refractivity contribution in [2.45, 2.75) is 50.9 Å². The Morgan fingerprint density at radius 1 is 1.19 bits per heavy atom. The van der Waals surface area contributed by atoms with Crippen LogP contribution in [0.2, 0.25) is 0 Å². The molecule has 0 saturated heterocycles. The smallest absolute Gasteiger partial charge is 0.325 e. The van der Waals surface area contributed by atoms with Crippen molar-refractivity contribution in [3.05, 3.63) is 56.8 Å². The number of H-pyrrole nitrogens is 1. The number of methoxy groups -OCH3 is 1. The van der Waals surface area contributed by atoms with E-state index in [9.17, 15) is 14.4 Å². The van der Waals surface area contributed by atoms with E-state index in [4.69, 9.17) is 14.6 Å². The van der Waals surface area contributed by atoms with Crippen molar-refractivity contribution in [2.24, 2.45) is 0 Å². The van der Waals surface area contributed by atoms with Gasteiger partial charge in [0.25, 0.3) is 6.17 Å². The number of hydrogen-bond donors (Lipinski definition) is 1. The zero-order valence-electron chi connectivity index (χ0n) is 21.0. The minimum atomic E-state index is -0.923. The van der Waals surface area contributed by atoms with Crippen LogP contribution in [-0.4, -0.2) is 35.3 Å². The highest BCUT2D eigenvalue weighted by Crippen LogP contribution is 2.44. The summed E-state index contributed by atoms with van der Waals surface area (Å²) in [6.45, 7) is 3.81. The molecule has 0 radical (unpaired) electrons. The van der Waals surface area contributed by atoms with Crippen molar-refractivity contribution < 1.29 is 23.7 Å². The maximum absolute atomic E-state index is 13.7. The number of ether oxygens (including phenoxy) is 2. The quantitative estimate of drug-likeness (QED) is 0.177. The Hall–Kier alpha value is -3.18. The van der Waals surface area contributed by atoms with Gasteiger partial charge in [0.05, 0.1) is 23.9 Å². The van der Waals surface area contributed by atoms with Gasteiger partial charge in [-0.05, 0) is 48.0 Å². The van der Waals surface area contributed by atoms with Crippen LogP contribution in [0.3, 0.4) is 0 Å². The standard InChI is InChI=1S/C26H27BrN4O5S/c1-5-9-20(32)30-18-12-8-7-11-16(18)22-24(34)28-26(37-4)29-31(22)25(30)17-13-15(27)14-19(35-3)23(17)36-21(33)10-6-2/h7-8,11-14,25H,5-6,9-10H2,1-4H3/p+1/t25-/m0/s1. The fourth-order valence-corrected chi connectivity index (χ4v) is 5.18. The minimum absolute atomic E-state index is 0.157. The minimum Gasteiger partial charge on any atom is -0.493 e. The number of halogens is 1. The van der Waals surface area contributed by atoms with E-state index in [-0.39, 0.29) is 30.1 Å². The number of benzene rings is 2. The second-order valence-corrected chi connectivity index (χ2v) is 10.1. The number of nitrogens with zero attached hydrogens (tertiary/aromatic N) is 3. The molecule has 1 amide bonds. The number of para-hydroxylation sites is 1. The number of nitrogens with one attached hydrogen (secondary N) is 1. The summed E-state index contributed by atoms with van der Waals surface area (Å²) in [6.07, 6.45) is 2.60. The van der Waals surface area contributed by atoms with E-state index in [1.54, 1.807) is 40.1 Å². The first kappa shape index (κ1) is 26.9. The lowest BCUT2D eigenvalue weighted by Gasteiger charge is -2.33. The average Bonchev–Trinajstić information content (AvgIpc) is 2.88. The number of aromatic nitrogens is 3. The maximum atomic E-state index is 13.7. The lowest BCUT2D eigenvalue weighted by Crippen LogP contribution is -2.61.